The topological polar surface area (TPSA) is 48.0 Å². The van der Waals surface area contributed by atoms with E-state index in [4.69, 9.17) is 25.8 Å². The van der Waals surface area contributed by atoms with Gasteiger partial charge < -0.3 is 19.1 Å². The Hall–Kier alpha value is -0.820. The van der Waals surface area contributed by atoms with E-state index >= 15 is 0 Å². The second-order valence-electron chi connectivity index (χ2n) is 5.35. The van der Waals surface area contributed by atoms with Crippen LogP contribution >= 0.6 is 27.5 Å². The maximum Gasteiger partial charge on any atom is 0.256 e. The van der Waals surface area contributed by atoms with Crippen molar-refractivity contribution < 1.29 is 19.0 Å². The predicted molar refractivity (Wildman–Crippen MR) is 86.7 cm³/mol. The van der Waals surface area contributed by atoms with E-state index < -0.39 is 6.10 Å². The van der Waals surface area contributed by atoms with Crippen LogP contribution in [-0.4, -0.2) is 45.5 Å². The smallest absolute Gasteiger partial charge is 0.256 e. The van der Waals surface area contributed by atoms with Gasteiger partial charge in [0.1, 0.15) is 12.7 Å². The first-order valence-corrected chi connectivity index (χ1v) is 8.32. The van der Waals surface area contributed by atoms with Crippen LogP contribution in [0, 0.1) is 5.92 Å². The van der Waals surface area contributed by atoms with Crippen molar-refractivity contribution in [2.45, 2.75) is 12.5 Å². The van der Waals surface area contributed by atoms with E-state index in [9.17, 15) is 4.79 Å². The molecule has 0 spiro atoms. The first-order chi connectivity index (χ1) is 10.6. The van der Waals surface area contributed by atoms with Crippen LogP contribution in [0.15, 0.2) is 16.6 Å². The van der Waals surface area contributed by atoms with Gasteiger partial charge in [0, 0.05) is 24.1 Å². The van der Waals surface area contributed by atoms with Crippen LogP contribution in [0.3, 0.4) is 0 Å². The molecule has 0 radical (unpaired) electrons. The maximum absolute atomic E-state index is 12.9. The van der Waals surface area contributed by atoms with E-state index in [0.717, 1.165) is 10.9 Å². The maximum atomic E-state index is 12.9. The molecule has 1 aromatic carbocycles. The Kier molecular flexibility index (Phi) is 4.92. The third kappa shape index (κ3) is 2.97. The lowest BCUT2D eigenvalue weighted by Crippen LogP contribution is -2.47. The number of anilines is 1. The van der Waals surface area contributed by atoms with E-state index in [1.165, 1.54) is 0 Å². The highest BCUT2D eigenvalue weighted by Crippen LogP contribution is 2.41. The van der Waals surface area contributed by atoms with Crippen LogP contribution in [0.25, 0.3) is 0 Å². The molecule has 7 heteroatoms. The molecular weight excluding hydrogens is 374 g/mol. The number of hydrogen-bond donors (Lipinski definition) is 0. The summed E-state index contributed by atoms with van der Waals surface area (Å²) in [6.07, 6.45) is 0.326. The molecule has 0 aromatic heterocycles. The number of nitrogens with zero attached hydrogens (tertiary/aromatic N) is 1. The fourth-order valence-corrected chi connectivity index (χ4v) is 3.76. The van der Waals surface area contributed by atoms with Crippen molar-refractivity contribution in [2.75, 3.05) is 38.4 Å². The van der Waals surface area contributed by atoms with Crippen molar-refractivity contribution >= 4 is 39.1 Å². The third-order valence-corrected chi connectivity index (χ3v) is 4.74. The van der Waals surface area contributed by atoms with Crippen LogP contribution in [0.5, 0.6) is 5.75 Å². The number of halogens is 2. The normalized spacial score (nSPS) is 22.1. The molecule has 0 saturated carbocycles. The van der Waals surface area contributed by atoms with E-state index in [0.29, 0.717) is 42.8 Å². The molecule has 3 rings (SSSR count). The summed E-state index contributed by atoms with van der Waals surface area (Å²) in [7, 11) is 1.57. The first-order valence-electron chi connectivity index (χ1n) is 7.15. The Bertz CT molecular complexity index is 577. The van der Waals surface area contributed by atoms with E-state index in [2.05, 4.69) is 15.9 Å². The van der Waals surface area contributed by atoms with Gasteiger partial charge >= 0.3 is 0 Å². The fraction of sp³-hybridized carbons (Fsp3) is 0.533. The molecule has 2 aliphatic heterocycles. The van der Waals surface area contributed by atoms with Crippen LogP contribution < -0.4 is 9.64 Å². The lowest BCUT2D eigenvalue weighted by atomic mass is 10.00. The molecule has 5 nitrogen and oxygen atoms in total. The number of carbonyl (C=O) groups excluding carboxylic acids is 1. The van der Waals surface area contributed by atoms with Crippen molar-refractivity contribution in [3.63, 3.8) is 0 Å². The van der Waals surface area contributed by atoms with Gasteiger partial charge in [-0.15, -0.1) is 0 Å². The number of methoxy groups -OCH3 is 1. The van der Waals surface area contributed by atoms with Gasteiger partial charge in [-0.05, 0) is 18.6 Å². The molecule has 2 heterocycles. The fourth-order valence-electron chi connectivity index (χ4n) is 2.92. The number of carbonyl (C=O) groups is 1. The van der Waals surface area contributed by atoms with Crippen LogP contribution in [0.4, 0.5) is 5.69 Å². The highest BCUT2D eigenvalue weighted by Gasteiger charge is 2.37. The minimum Gasteiger partial charge on any atom is -0.488 e. The largest absolute Gasteiger partial charge is 0.488 e. The summed E-state index contributed by atoms with van der Waals surface area (Å²) < 4.78 is 17.3. The van der Waals surface area contributed by atoms with Gasteiger partial charge in [0.15, 0.2) is 5.75 Å². The van der Waals surface area contributed by atoms with Crippen molar-refractivity contribution in [3.8, 4) is 5.75 Å². The monoisotopic (exact) mass is 389 g/mol. The minimum atomic E-state index is -0.508. The quantitative estimate of drug-likeness (QED) is 0.796. The average Bonchev–Trinajstić information content (AvgIpc) is 3.01. The third-order valence-electron chi connectivity index (χ3n) is 4.00. The zero-order valence-electron chi connectivity index (χ0n) is 12.2. The highest BCUT2D eigenvalue weighted by atomic mass is 79.9. The molecule has 22 heavy (non-hydrogen) atoms. The lowest BCUT2D eigenvalue weighted by Gasteiger charge is -2.33. The van der Waals surface area contributed by atoms with Crippen LogP contribution in [0.1, 0.15) is 6.42 Å². The van der Waals surface area contributed by atoms with Crippen LogP contribution in [-0.2, 0) is 14.3 Å². The van der Waals surface area contributed by atoms with Gasteiger partial charge in [-0.1, -0.05) is 27.5 Å². The van der Waals surface area contributed by atoms with Gasteiger partial charge in [-0.25, -0.2) is 0 Å². The van der Waals surface area contributed by atoms with Crippen molar-refractivity contribution in [1.29, 1.82) is 0 Å². The zero-order chi connectivity index (χ0) is 15.7. The summed E-state index contributed by atoms with van der Waals surface area (Å²) in [6, 6.07) is 3.60. The molecule has 0 aliphatic carbocycles. The van der Waals surface area contributed by atoms with Gasteiger partial charge in [0.25, 0.3) is 5.91 Å². The SMILES string of the molecule is COC(C(=O)N1CCOc2c(Cl)cc(Br)cc21)C1CCOC1. The van der Waals surface area contributed by atoms with E-state index in [1.807, 2.05) is 6.07 Å². The van der Waals surface area contributed by atoms with Gasteiger partial charge in [0.2, 0.25) is 0 Å². The van der Waals surface area contributed by atoms with Crippen molar-refractivity contribution in [1.82, 2.24) is 0 Å². The molecular formula is C15H17BrClNO4. The average molecular weight is 391 g/mol. The summed E-state index contributed by atoms with van der Waals surface area (Å²) in [4.78, 5) is 14.6. The second kappa shape index (κ2) is 6.74. The summed E-state index contributed by atoms with van der Waals surface area (Å²) in [5.74, 6) is 0.560. The summed E-state index contributed by atoms with van der Waals surface area (Å²) in [5, 5.41) is 0.486. The zero-order valence-corrected chi connectivity index (χ0v) is 14.5. The number of rotatable bonds is 3. The number of hydrogen-bond acceptors (Lipinski definition) is 4. The van der Waals surface area contributed by atoms with Gasteiger partial charge in [-0.3, -0.25) is 4.79 Å². The first kappa shape index (κ1) is 16.1. The Morgan fingerprint density at radius 3 is 3.00 bits per heavy atom. The van der Waals surface area contributed by atoms with Gasteiger partial charge in [0.05, 0.1) is 23.9 Å². The summed E-state index contributed by atoms with van der Waals surface area (Å²) in [5.41, 5.74) is 0.677. The predicted octanol–water partition coefficient (Wildman–Crippen LogP) is 2.88. The highest BCUT2D eigenvalue weighted by molar-refractivity contribution is 9.10. The minimum absolute atomic E-state index is 0.0725. The Labute approximate surface area is 142 Å². The Morgan fingerprint density at radius 2 is 2.32 bits per heavy atom. The standard InChI is InChI=1S/C15H17BrClNO4/c1-20-13(9-2-4-21-8-9)15(19)18-3-5-22-14-11(17)6-10(16)7-12(14)18/h6-7,9,13H,2-5,8H2,1H3. The van der Waals surface area contributed by atoms with Crippen molar-refractivity contribution in [3.05, 3.63) is 21.6 Å². The molecule has 0 bridgehead atoms. The van der Waals surface area contributed by atoms with Crippen LogP contribution in [0.2, 0.25) is 5.02 Å². The summed E-state index contributed by atoms with van der Waals surface area (Å²) >= 11 is 9.62. The van der Waals surface area contributed by atoms with E-state index in [-0.39, 0.29) is 11.8 Å². The molecule has 120 valence electrons. The molecule has 1 amide bonds. The molecule has 1 saturated heterocycles. The van der Waals surface area contributed by atoms with Crippen molar-refractivity contribution in [2.24, 2.45) is 5.92 Å². The summed E-state index contributed by atoms with van der Waals surface area (Å²) in [6.45, 7) is 2.12. The number of amides is 1. The number of benzene rings is 1. The van der Waals surface area contributed by atoms with E-state index in [1.54, 1.807) is 18.1 Å². The molecule has 2 aliphatic rings. The molecule has 2 unspecified atom stereocenters. The molecule has 2 atom stereocenters. The number of ether oxygens (including phenoxy) is 3. The van der Waals surface area contributed by atoms with Gasteiger partial charge in [-0.2, -0.15) is 0 Å². The Morgan fingerprint density at radius 1 is 1.50 bits per heavy atom. The molecule has 1 fully saturated rings. The second-order valence-corrected chi connectivity index (χ2v) is 6.68. The Balaban J connectivity index is 1.91. The molecule has 0 N–H and O–H groups in total. The lowest BCUT2D eigenvalue weighted by molar-refractivity contribution is -0.131. The number of fused-ring (bicyclic) bond motifs is 1. The molecule has 1 aromatic rings.